The second-order valence-corrected chi connectivity index (χ2v) is 4.20. The molecule has 0 saturated carbocycles. The van der Waals surface area contributed by atoms with Crippen LogP contribution in [0.15, 0.2) is 24.3 Å². The Kier molecular flexibility index (Phi) is 2.77. The summed E-state index contributed by atoms with van der Waals surface area (Å²) < 4.78 is 0. The fourth-order valence-corrected chi connectivity index (χ4v) is 1.64. The molecule has 0 saturated heterocycles. The molecule has 0 aliphatic carbocycles. The van der Waals surface area contributed by atoms with E-state index in [0.29, 0.717) is 5.25 Å². The van der Waals surface area contributed by atoms with Crippen molar-refractivity contribution >= 4 is 23.7 Å². The summed E-state index contributed by atoms with van der Waals surface area (Å²) >= 11 is 4.46. The molecule has 2 rings (SSSR count). The predicted molar refractivity (Wildman–Crippen MR) is 62.9 cm³/mol. The lowest BCUT2D eigenvalue weighted by atomic mass is 10.2. The number of aromatic amines is 1. The highest BCUT2D eigenvalue weighted by molar-refractivity contribution is 7.80. The van der Waals surface area contributed by atoms with Crippen LogP contribution in [0.2, 0.25) is 0 Å². The first-order valence-corrected chi connectivity index (χ1v) is 5.43. The summed E-state index contributed by atoms with van der Waals surface area (Å²) in [5, 5.41) is 0.399. The van der Waals surface area contributed by atoms with Crippen LogP contribution in [0, 0.1) is 0 Å². The summed E-state index contributed by atoms with van der Waals surface area (Å²) in [7, 11) is 0. The minimum atomic E-state index is 0.399. The third-order valence-corrected chi connectivity index (χ3v) is 2.89. The number of nitrogens with one attached hydrogen (secondary N) is 1. The van der Waals surface area contributed by atoms with Gasteiger partial charge in [0, 0.05) is 11.7 Å². The number of nitrogens with zero attached hydrogens (tertiary/aromatic N) is 1. The highest BCUT2D eigenvalue weighted by Crippen LogP contribution is 2.13. The van der Waals surface area contributed by atoms with Crippen molar-refractivity contribution in [2.24, 2.45) is 0 Å². The Hall–Kier alpha value is -0.960. The molecule has 1 unspecified atom stereocenters. The zero-order valence-corrected chi connectivity index (χ0v) is 9.09. The fourth-order valence-electron chi connectivity index (χ4n) is 1.47. The van der Waals surface area contributed by atoms with Gasteiger partial charge in [-0.3, -0.25) is 0 Å². The Bertz CT molecular complexity index is 389. The van der Waals surface area contributed by atoms with Crippen molar-refractivity contribution in [2.75, 3.05) is 0 Å². The summed E-state index contributed by atoms with van der Waals surface area (Å²) in [6.45, 7) is 2.14. The molecule has 1 heterocycles. The quantitative estimate of drug-likeness (QED) is 0.743. The van der Waals surface area contributed by atoms with Crippen molar-refractivity contribution in [3.05, 3.63) is 30.1 Å². The first kappa shape index (κ1) is 9.59. The van der Waals surface area contributed by atoms with Crippen LogP contribution < -0.4 is 0 Å². The van der Waals surface area contributed by atoms with Gasteiger partial charge >= 0.3 is 0 Å². The summed E-state index contributed by atoms with van der Waals surface area (Å²) in [6, 6.07) is 8.09. The molecule has 2 nitrogen and oxygen atoms in total. The van der Waals surface area contributed by atoms with Gasteiger partial charge in [0.05, 0.1) is 11.0 Å². The second kappa shape index (κ2) is 4.05. The summed E-state index contributed by atoms with van der Waals surface area (Å²) in [4.78, 5) is 7.80. The molecule has 14 heavy (non-hydrogen) atoms. The maximum absolute atomic E-state index is 4.50. The second-order valence-electron chi connectivity index (χ2n) is 3.47. The van der Waals surface area contributed by atoms with Crippen LogP contribution in [0.4, 0.5) is 0 Å². The standard InChI is InChI=1S/C11H14N2S/c1-2-8(14)7-11-12-9-5-3-4-6-10(9)13-11/h3-6,8,14H,2,7H2,1H3,(H,12,13). The molecule has 1 aromatic carbocycles. The van der Waals surface area contributed by atoms with E-state index in [0.717, 1.165) is 29.7 Å². The van der Waals surface area contributed by atoms with Crippen molar-refractivity contribution in [3.63, 3.8) is 0 Å². The predicted octanol–water partition coefficient (Wildman–Crippen LogP) is 2.81. The third-order valence-electron chi connectivity index (χ3n) is 2.34. The Morgan fingerprint density at radius 2 is 2.21 bits per heavy atom. The molecule has 0 aliphatic rings. The first-order chi connectivity index (χ1) is 6.79. The smallest absolute Gasteiger partial charge is 0.108 e. The number of fused-ring (bicyclic) bond motifs is 1. The molecule has 74 valence electrons. The molecule has 1 atom stereocenters. The van der Waals surface area contributed by atoms with Crippen LogP contribution in [0.1, 0.15) is 19.2 Å². The molecule has 1 N–H and O–H groups in total. The van der Waals surface area contributed by atoms with E-state index in [4.69, 9.17) is 0 Å². The van der Waals surface area contributed by atoms with Crippen LogP contribution >= 0.6 is 12.6 Å². The fraction of sp³-hybridized carbons (Fsp3) is 0.364. The SMILES string of the molecule is CCC(S)Cc1nc2ccccc2[nH]1. The maximum Gasteiger partial charge on any atom is 0.108 e. The molecule has 0 spiro atoms. The Labute approximate surface area is 89.2 Å². The monoisotopic (exact) mass is 206 g/mol. The minimum Gasteiger partial charge on any atom is -0.342 e. The van der Waals surface area contributed by atoms with E-state index in [-0.39, 0.29) is 0 Å². The average molecular weight is 206 g/mol. The summed E-state index contributed by atoms with van der Waals surface area (Å²) in [6.07, 6.45) is 1.98. The number of aromatic nitrogens is 2. The van der Waals surface area contributed by atoms with Gasteiger partial charge in [0.25, 0.3) is 0 Å². The Morgan fingerprint density at radius 3 is 2.93 bits per heavy atom. The van der Waals surface area contributed by atoms with Gasteiger partial charge in [-0.05, 0) is 18.6 Å². The highest BCUT2D eigenvalue weighted by atomic mass is 32.1. The minimum absolute atomic E-state index is 0.399. The van der Waals surface area contributed by atoms with Crippen molar-refractivity contribution in [2.45, 2.75) is 25.0 Å². The zero-order valence-electron chi connectivity index (χ0n) is 8.20. The van der Waals surface area contributed by atoms with Crippen LogP contribution in [0.25, 0.3) is 11.0 Å². The van der Waals surface area contributed by atoms with E-state index in [1.54, 1.807) is 0 Å². The number of imidazole rings is 1. The van der Waals surface area contributed by atoms with Gasteiger partial charge in [0.1, 0.15) is 5.82 Å². The first-order valence-electron chi connectivity index (χ1n) is 4.91. The third kappa shape index (κ3) is 1.93. The van der Waals surface area contributed by atoms with Gasteiger partial charge in [-0.25, -0.2) is 4.98 Å². The molecule has 0 bridgehead atoms. The zero-order chi connectivity index (χ0) is 9.97. The van der Waals surface area contributed by atoms with Crippen LogP contribution in [0.5, 0.6) is 0 Å². The van der Waals surface area contributed by atoms with E-state index in [1.807, 2.05) is 24.3 Å². The van der Waals surface area contributed by atoms with Gasteiger partial charge < -0.3 is 4.98 Å². The van der Waals surface area contributed by atoms with E-state index in [1.165, 1.54) is 0 Å². The number of H-pyrrole nitrogens is 1. The lowest BCUT2D eigenvalue weighted by molar-refractivity contribution is 0.789. The number of rotatable bonds is 3. The van der Waals surface area contributed by atoms with E-state index < -0.39 is 0 Å². The van der Waals surface area contributed by atoms with Crippen molar-refractivity contribution < 1.29 is 0 Å². The van der Waals surface area contributed by atoms with Gasteiger partial charge in [0.2, 0.25) is 0 Å². The van der Waals surface area contributed by atoms with Gasteiger partial charge in [0.15, 0.2) is 0 Å². The van der Waals surface area contributed by atoms with Crippen LogP contribution in [0.3, 0.4) is 0 Å². The molecule has 0 radical (unpaired) electrons. The molecule has 0 amide bonds. The van der Waals surface area contributed by atoms with Crippen LogP contribution in [-0.4, -0.2) is 15.2 Å². The van der Waals surface area contributed by atoms with E-state index >= 15 is 0 Å². The average Bonchev–Trinajstić information content (AvgIpc) is 2.59. The maximum atomic E-state index is 4.50. The number of thiol groups is 1. The van der Waals surface area contributed by atoms with Crippen molar-refractivity contribution in [1.82, 2.24) is 9.97 Å². The van der Waals surface area contributed by atoms with Crippen LogP contribution in [-0.2, 0) is 6.42 Å². The Morgan fingerprint density at radius 1 is 1.43 bits per heavy atom. The molecule has 0 fully saturated rings. The molecular formula is C11H14N2S. The molecule has 1 aromatic heterocycles. The molecular weight excluding hydrogens is 192 g/mol. The lowest BCUT2D eigenvalue weighted by Crippen LogP contribution is -2.02. The van der Waals surface area contributed by atoms with Crippen molar-refractivity contribution in [1.29, 1.82) is 0 Å². The van der Waals surface area contributed by atoms with Crippen molar-refractivity contribution in [3.8, 4) is 0 Å². The number of para-hydroxylation sites is 2. The van der Waals surface area contributed by atoms with E-state index in [9.17, 15) is 0 Å². The largest absolute Gasteiger partial charge is 0.342 e. The number of hydrogen-bond acceptors (Lipinski definition) is 2. The number of benzene rings is 1. The highest BCUT2D eigenvalue weighted by Gasteiger charge is 2.06. The molecule has 0 aliphatic heterocycles. The van der Waals surface area contributed by atoms with Gasteiger partial charge in [-0.1, -0.05) is 19.1 Å². The summed E-state index contributed by atoms with van der Waals surface area (Å²) in [5.41, 5.74) is 2.15. The van der Waals surface area contributed by atoms with Gasteiger partial charge in [-0.2, -0.15) is 12.6 Å². The number of hydrogen-bond donors (Lipinski definition) is 2. The van der Waals surface area contributed by atoms with Gasteiger partial charge in [-0.15, -0.1) is 0 Å². The molecule has 3 heteroatoms. The topological polar surface area (TPSA) is 28.7 Å². The molecule has 2 aromatic rings. The summed E-state index contributed by atoms with van der Waals surface area (Å²) in [5.74, 6) is 1.04. The van der Waals surface area contributed by atoms with E-state index in [2.05, 4.69) is 29.5 Å². The lowest BCUT2D eigenvalue weighted by Gasteiger charge is -2.02. The Balaban J connectivity index is 2.27. The normalized spacial score (nSPS) is 13.3.